The fourth-order valence-corrected chi connectivity index (χ4v) is 11.3. The number of rotatable bonds is 25. The lowest BCUT2D eigenvalue weighted by Gasteiger charge is -2.35. The van der Waals surface area contributed by atoms with Crippen molar-refractivity contribution in [3.8, 4) is 21.9 Å². The van der Waals surface area contributed by atoms with Gasteiger partial charge in [0, 0.05) is 88.5 Å². The largest absolute Gasteiger partial charge is 0.507 e. The minimum Gasteiger partial charge on any atom is -0.507 e. The number of anilines is 1. The number of hydrogen-bond donors (Lipinski definition) is 7. The van der Waals surface area contributed by atoms with Gasteiger partial charge in [-0.1, -0.05) is 88.9 Å². The Morgan fingerprint density at radius 2 is 1.61 bits per heavy atom. The number of β-amino-alcohol motifs (C(OH)–C–C–N with tert-alkyl or cyclic N) is 1. The van der Waals surface area contributed by atoms with Crippen LogP contribution in [0.15, 0.2) is 90.1 Å². The van der Waals surface area contributed by atoms with E-state index in [0.717, 1.165) is 104 Å². The summed E-state index contributed by atoms with van der Waals surface area (Å²) in [7, 11) is 0. The van der Waals surface area contributed by atoms with Crippen molar-refractivity contribution in [3.05, 3.63) is 107 Å². The molecule has 3 aliphatic heterocycles. The average Bonchev–Trinajstić information content (AvgIpc) is 4.07. The van der Waals surface area contributed by atoms with Crippen molar-refractivity contribution >= 4 is 52.2 Å². The normalized spacial score (nSPS) is 18.9. The Morgan fingerprint density at radius 1 is 0.899 bits per heavy atom. The number of carbonyl (C=O) groups is 4. The summed E-state index contributed by atoms with van der Waals surface area (Å²) in [4.78, 5) is 67.6. The minimum absolute atomic E-state index is 0.00398. The number of aryl methyl sites for hydroxylation is 1. The molecular formula is C60H82N10O8S. The Kier molecular flexibility index (Phi) is 21.5. The number of nitrogens with two attached hydrogens (primary N) is 1. The average molecular weight is 1100 g/mol. The van der Waals surface area contributed by atoms with Crippen molar-refractivity contribution in [1.29, 1.82) is 10.8 Å². The summed E-state index contributed by atoms with van der Waals surface area (Å²) in [6.45, 7) is 15.2. The van der Waals surface area contributed by atoms with Crippen molar-refractivity contribution in [3.63, 3.8) is 0 Å². The van der Waals surface area contributed by atoms with Gasteiger partial charge < -0.3 is 50.8 Å². The van der Waals surface area contributed by atoms with Crippen LogP contribution >= 0.6 is 11.3 Å². The highest BCUT2D eigenvalue weighted by atomic mass is 32.1. The zero-order chi connectivity index (χ0) is 56.6. The molecule has 3 fully saturated rings. The van der Waals surface area contributed by atoms with Gasteiger partial charge in [-0.05, 0) is 80.3 Å². The second kappa shape index (κ2) is 28.4. The zero-order valence-corrected chi connectivity index (χ0v) is 47.5. The van der Waals surface area contributed by atoms with Gasteiger partial charge in [0.25, 0.3) is 0 Å². The van der Waals surface area contributed by atoms with E-state index in [4.69, 9.17) is 26.0 Å². The van der Waals surface area contributed by atoms with E-state index in [0.29, 0.717) is 44.6 Å². The number of benzene rings is 3. The lowest BCUT2D eigenvalue weighted by molar-refractivity contribution is -0.144. The summed E-state index contributed by atoms with van der Waals surface area (Å²) in [5.74, 6) is -0.199. The summed E-state index contributed by atoms with van der Waals surface area (Å²) in [6.07, 6.45) is 8.02. The maximum atomic E-state index is 14.1. The molecule has 1 aromatic heterocycles. The molecule has 4 amide bonds. The third-order valence-electron chi connectivity index (χ3n) is 15.1. The Hall–Kier alpha value is -6.83. The summed E-state index contributed by atoms with van der Waals surface area (Å²) in [6, 6.07) is 20.4. The second-order valence-electron chi connectivity index (χ2n) is 22.3. The number of aromatic nitrogens is 1. The topological polar surface area (TPSA) is 251 Å². The number of amides is 4. The molecule has 3 aromatic carbocycles. The number of aromatic hydroxyl groups is 1. The molecule has 8 N–H and O–H groups in total. The summed E-state index contributed by atoms with van der Waals surface area (Å²) in [5, 5.41) is 43.4. The molecule has 0 bridgehead atoms. The van der Waals surface area contributed by atoms with E-state index >= 15 is 0 Å². The van der Waals surface area contributed by atoms with Crippen LogP contribution in [0.4, 0.5) is 5.69 Å². The number of phenolic OH excluding ortho intramolecular Hbond substituents is 1. The third kappa shape index (κ3) is 17.1. The monoisotopic (exact) mass is 1100 g/mol. The molecule has 426 valence electrons. The summed E-state index contributed by atoms with van der Waals surface area (Å²) < 4.78 is 12.4. The molecule has 4 heterocycles. The molecule has 7 rings (SSSR count). The first-order chi connectivity index (χ1) is 37.8. The molecule has 18 nitrogen and oxygen atoms in total. The maximum Gasteiger partial charge on any atom is 0.246 e. The first kappa shape index (κ1) is 59.8. The van der Waals surface area contributed by atoms with Crippen LogP contribution in [0.5, 0.6) is 11.5 Å². The lowest BCUT2D eigenvalue weighted by Crippen LogP contribution is -2.57. The van der Waals surface area contributed by atoms with Crippen LogP contribution in [0.2, 0.25) is 0 Å². The number of piperazine rings is 1. The highest BCUT2D eigenvalue weighted by molar-refractivity contribution is 7.13. The van der Waals surface area contributed by atoms with Crippen molar-refractivity contribution < 1.29 is 38.9 Å². The van der Waals surface area contributed by atoms with Crippen molar-refractivity contribution in [2.75, 3.05) is 63.9 Å². The van der Waals surface area contributed by atoms with Crippen molar-refractivity contribution in [1.82, 2.24) is 30.3 Å². The Bertz CT molecular complexity index is 2750. The number of nitrogens with zero attached hydrogens (tertiary/aromatic N) is 5. The number of unbranched alkanes of at least 4 members (excludes halogenated alkanes) is 5. The number of likely N-dealkylation sites (tertiary alicyclic amines) is 1. The SMILES string of the molecule is Cc1ncsc1-c1ccc([C@H](C)NC(=O)[C@@H]2C[C@@H](O)CN2C(=O)[C@@H](NC(=O)CCCCCCCCC(=O)N2CCN(CCOc3cccc(N4CCCC(O/C(=C/C(=N)c5ccccc5O)C(=N)N)C4)c3)CC2)C(C)(C)C)cc1. The van der Waals surface area contributed by atoms with Crippen LogP contribution in [-0.4, -0.2) is 148 Å². The molecule has 1 unspecified atom stereocenters. The standard InChI is InChI=1S/C60H82N10O8S/c1-40(42-23-25-43(26-24-42)55-41(2)64-39-79-55)65-58(75)50-35-45(71)37-70(50)59(76)56(60(3,4)5)66-53(73)21-10-8-6-7-9-11-22-54(74)68-30-28-67(29-31-68)32-33-77-46-17-14-16-44(34-46)69-27-15-18-47(38-69)78-52(57(62)63)36-49(61)48-19-12-13-20-51(48)72/h12-14,16-17,19-20,23-26,34,36,39-40,45,47,50,56,61,71-72H,6-11,15,18,21-22,27-33,35,37-38H2,1-5H3,(H3,62,63)(H,65,75)(H,66,73)/b52-36+,61-49?/t40-,45+,47?,50-,56+/m0/s1. The summed E-state index contributed by atoms with van der Waals surface area (Å²) >= 11 is 1.58. The van der Waals surface area contributed by atoms with Crippen LogP contribution in [0.3, 0.4) is 0 Å². The Morgan fingerprint density at radius 3 is 2.29 bits per heavy atom. The van der Waals surface area contributed by atoms with E-state index < -0.39 is 23.6 Å². The summed E-state index contributed by atoms with van der Waals surface area (Å²) in [5.41, 5.74) is 11.3. The Labute approximate surface area is 469 Å². The molecule has 0 radical (unpaired) electrons. The lowest BCUT2D eigenvalue weighted by atomic mass is 9.85. The van der Waals surface area contributed by atoms with Crippen LogP contribution in [-0.2, 0) is 23.9 Å². The molecule has 5 atom stereocenters. The van der Waals surface area contributed by atoms with Gasteiger partial charge in [0.05, 0.1) is 40.5 Å². The van der Waals surface area contributed by atoms with Gasteiger partial charge >= 0.3 is 0 Å². The first-order valence-electron chi connectivity index (χ1n) is 28.0. The number of nitrogens with one attached hydrogen (secondary N) is 4. The third-order valence-corrected chi connectivity index (χ3v) is 16.1. The Balaban J connectivity index is 0.746. The smallest absolute Gasteiger partial charge is 0.246 e. The highest BCUT2D eigenvalue weighted by Gasteiger charge is 2.45. The zero-order valence-electron chi connectivity index (χ0n) is 46.7. The van der Waals surface area contributed by atoms with E-state index in [1.807, 2.05) is 93.6 Å². The first-order valence-corrected chi connectivity index (χ1v) is 28.9. The van der Waals surface area contributed by atoms with E-state index in [2.05, 4.69) is 25.4 Å². The number of piperidine rings is 1. The van der Waals surface area contributed by atoms with Crippen molar-refractivity contribution in [2.24, 2.45) is 11.1 Å². The number of thiazole rings is 1. The van der Waals surface area contributed by atoms with Crippen molar-refractivity contribution in [2.45, 2.75) is 136 Å². The quantitative estimate of drug-likeness (QED) is 0.0146. The molecule has 79 heavy (non-hydrogen) atoms. The number of hydrogen-bond acceptors (Lipinski definition) is 14. The predicted molar refractivity (Wildman–Crippen MR) is 310 cm³/mol. The predicted octanol–water partition coefficient (Wildman–Crippen LogP) is 7.71. The molecule has 0 spiro atoms. The van der Waals surface area contributed by atoms with E-state index in [1.165, 1.54) is 17.0 Å². The van der Waals surface area contributed by atoms with Gasteiger partial charge in [-0.25, -0.2) is 4.98 Å². The van der Waals surface area contributed by atoms with Crippen LogP contribution in [0.25, 0.3) is 10.4 Å². The number of phenols is 1. The van der Waals surface area contributed by atoms with Gasteiger partial charge in [0.15, 0.2) is 11.6 Å². The van der Waals surface area contributed by atoms with Gasteiger partial charge in [0.2, 0.25) is 23.6 Å². The number of allylic oxidation sites excluding steroid dienone is 1. The number of aliphatic hydroxyl groups excluding tert-OH is 1. The number of ether oxygens (including phenoxy) is 2. The minimum atomic E-state index is -0.878. The number of para-hydroxylation sites is 1. The highest BCUT2D eigenvalue weighted by Crippen LogP contribution is 2.31. The van der Waals surface area contributed by atoms with Crippen LogP contribution in [0, 0.1) is 23.2 Å². The van der Waals surface area contributed by atoms with Crippen LogP contribution in [0.1, 0.15) is 121 Å². The molecule has 3 saturated heterocycles. The maximum absolute atomic E-state index is 14.1. The molecule has 0 saturated carbocycles. The number of carbonyl (C=O) groups excluding carboxylic acids is 4. The van der Waals surface area contributed by atoms with E-state index in [1.54, 1.807) is 29.5 Å². The molecule has 4 aromatic rings. The van der Waals surface area contributed by atoms with Gasteiger partial charge in [0.1, 0.15) is 36.3 Å². The molecule has 3 aliphatic rings. The fraction of sp³-hybridized carbons (Fsp3) is 0.517. The number of amidine groups is 1. The van der Waals surface area contributed by atoms with E-state index in [9.17, 15) is 29.4 Å². The van der Waals surface area contributed by atoms with Gasteiger partial charge in [-0.15, -0.1) is 11.3 Å². The second-order valence-corrected chi connectivity index (χ2v) is 23.1. The van der Waals surface area contributed by atoms with Gasteiger partial charge in [-0.2, -0.15) is 0 Å². The van der Waals surface area contributed by atoms with Crippen LogP contribution < -0.4 is 26.0 Å². The molecule has 0 aliphatic carbocycles. The van der Waals surface area contributed by atoms with E-state index in [-0.39, 0.29) is 78.2 Å². The molecule has 19 heteroatoms. The fourth-order valence-electron chi connectivity index (χ4n) is 10.5. The molecular weight excluding hydrogens is 1020 g/mol. The number of aliphatic hydroxyl groups is 1. The van der Waals surface area contributed by atoms with Gasteiger partial charge in [-0.3, -0.25) is 34.9 Å².